The molecule has 1 saturated heterocycles. The van der Waals surface area contributed by atoms with Crippen LogP contribution in [-0.2, 0) is 38.1 Å². The summed E-state index contributed by atoms with van der Waals surface area (Å²) in [6.45, 7) is 3.31. The molecule has 0 aromatic heterocycles. The molecule has 0 spiro atoms. The second kappa shape index (κ2) is 12.6. The number of hydrogen-bond donors (Lipinski definition) is 1. The highest BCUT2D eigenvalue weighted by Crippen LogP contribution is 2.21. The maximum Gasteiger partial charge on any atom is 0.323 e. The van der Waals surface area contributed by atoms with Crippen LogP contribution in [0.15, 0.2) is 0 Å². The summed E-state index contributed by atoms with van der Waals surface area (Å²) < 4.78 is 19.2. The van der Waals surface area contributed by atoms with Crippen molar-refractivity contribution < 1.29 is 38.1 Å². The van der Waals surface area contributed by atoms with Crippen molar-refractivity contribution in [3.63, 3.8) is 0 Å². The van der Waals surface area contributed by atoms with E-state index < -0.39 is 41.5 Å². The van der Waals surface area contributed by atoms with E-state index in [9.17, 15) is 19.2 Å². The van der Waals surface area contributed by atoms with Gasteiger partial charge < -0.3 is 24.7 Å². The molecule has 2 atom stereocenters. The quantitative estimate of drug-likeness (QED) is 0.338. The number of esters is 4. The van der Waals surface area contributed by atoms with Gasteiger partial charge in [0.05, 0.1) is 28.4 Å². The van der Waals surface area contributed by atoms with Gasteiger partial charge in [-0.2, -0.15) is 0 Å². The zero-order valence-corrected chi connectivity index (χ0v) is 19.0. The minimum Gasteiger partial charge on any atom is -0.469 e. The number of methoxy groups -OCH3 is 4. The minimum absolute atomic E-state index is 0.0572. The van der Waals surface area contributed by atoms with Crippen LogP contribution in [0.25, 0.3) is 0 Å². The Hall–Kier alpha value is -2.24. The van der Waals surface area contributed by atoms with Gasteiger partial charge in [-0.3, -0.25) is 29.0 Å². The molecule has 2 unspecified atom stereocenters. The number of carbonyl (C=O) groups is 4. The van der Waals surface area contributed by atoms with Gasteiger partial charge in [-0.1, -0.05) is 0 Å². The lowest BCUT2D eigenvalue weighted by atomic mass is 9.99. The van der Waals surface area contributed by atoms with Gasteiger partial charge in [0.1, 0.15) is 12.1 Å². The van der Waals surface area contributed by atoms with Gasteiger partial charge in [0, 0.05) is 44.6 Å². The molecule has 0 radical (unpaired) electrons. The van der Waals surface area contributed by atoms with Gasteiger partial charge in [0.25, 0.3) is 0 Å². The van der Waals surface area contributed by atoms with E-state index in [1.165, 1.54) is 28.4 Å². The van der Waals surface area contributed by atoms with E-state index >= 15 is 0 Å². The Bertz CT molecular complexity index is 588. The van der Waals surface area contributed by atoms with Crippen LogP contribution < -0.4 is 5.73 Å². The molecule has 0 amide bonds. The highest BCUT2D eigenvalue weighted by molar-refractivity contribution is 5.78. The molecular formula is C20H35N3O8. The predicted molar refractivity (Wildman–Crippen MR) is 110 cm³/mol. The van der Waals surface area contributed by atoms with Crippen LogP contribution in [0.3, 0.4) is 0 Å². The summed E-state index contributed by atoms with van der Waals surface area (Å²) in [5, 5.41) is 0. The van der Waals surface area contributed by atoms with E-state index in [-0.39, 0.29) is 25.7 Å². The molecule has 11 nitrogen and oxygen atoms in total. The molecule has 0 aliphatic carbocycles. The maximum atomic E-state index is 12.4. The fourth-order valence-corrected chi connectivity index (χ4v) is 3.81. The minimum atomic E-state index is -0.786. The molecule has 178 valence electrons. The molecule has 1 aliphatic heterocycles. The number of rotatable bonds is 10. The van der Waals surface area contributed by atoms with Crippen molar-refractivity contribution in [2.75, 3.05) is 54.6 Å². The third-order valence-electron chi connectivity index (χ3n) is 5.33. The molecule has 1 heterocycles. The Morgan fingerprint density at radius 1 is 0.774 bits per heavy atom. The monoisotopic (exact) mass is 445 g/mol. The Kier molecular flexibility index (Phi) is 10.9. The largest absolute Gasteiger partial charge is 0.469 e. The van der Waals surface area contributed by atoms with E-state index in [2.05, 4.69) is 9.47 Å². The molecule has 0 saturated carbocycles. The third kappa shape index (κ3) is 8.42. The Balaban J connectivity index is 3.04. The van der Waals surface area contributed by atoms with Crippen molar-refractivity contribution in [2.45, 2.75) is 50.2 Å². The second-order valence-corrected chi connectivity index (χ2v) is 7.90. The molecule has 1 aliphatic rings. The van der Waals surface area contributed by atoms with Gasteiger partial charge in [0.2, 0.25) is 0 Å². The average Bonchev–Trinajstić information content (AvgIpc) is 2.90. The number of ether oxygens (including phenoxy) is 4. The summed E-state index contributed by atoms with van der Waals surface area (Å²) in [4.78, 5) is 51.8. The highest BCUT2D eigenvalue weighted by atomic mass is 16.5. The third-order valence-corrected chi connectivity index (χ3v) is 5.33. The van der Waals surface area contributed by atoms with Crippen LogP contribution in [0.4, 0.5) is 0 Å². The fourth-order valence-electron chi connectivity index (χ4n) is 3.81. The number of carbonyl (C=O) groups excluding carboxylic acids is 4. The smallest absolute Gasteiger partial charge is 0.323 e. The molecule has 1 rings (SSSR count). The summed E-state index contributed by atoms with van der Waals surface area (Å²) in [7, 11) is 5.16. The first kappa shape index (κ1) is 26.8. The van der Waals surface area contributed by atoms with E-state index in [0.717, 1.165) is 0 Å². The molecule has 0 aromatic carbocycles. The SMILES string of the molecule is COC(=O)CCC(C(=O)OC)N1CCN(C(CCC(=O)OC)C(=O)OC)CC(C)(N)C1. The van der Waals surface area contributed by atoms with Crippen LogP contribution in [-0.4, -0.2) is 106 Å². The van der Waals surface area contributed by atoms with E-state index in [1.807, 2.05) is 16.7 Å². The summed E-state index contributed by atoms with van der Waals surface area (Å²) in [5.41, 5.74) is 5.72. The van der Waals surface area contributed by atoms with Crippen molar-refractivity contribution in [1.82, 2.24) is 9.80 Å². The van der Waals surface area contributed by atoms with Crippen molar-refractivity contribution in [2.24, 2.45) is 5.73 Å². The van der Waals surface area contributed by atoms with Crippen LogP contribution in [0, 0.1) is 0 Å². The van der Waals surface area contributed by atoms with Gasteiger partial charge in [-0.25, -0.2) is 0 Å². The second-order valence-electron chi connectivity index (χ2n) is 7.90. The molecule has 0 bridgehead atoms. The average molecular weight is 446 g/mol. The molecule has 31 heavy (non-hydrogen) atoms. The van der Waals surface area contributed by atoms with Gasteiger partial charge in [-0.15, -0.1) is 0 Å². The molecule has 0 aromatic rings. The van der Waals surface area contributed by atoms with Crippen molar-refractivity contribution in [3.05, 3.63) is 0 Å². The first-order valence-corrected chi connectivity index (χ1v) is 10.1. The molecular weight excluding hydrogens is 410 g/mol. The van der Waals surface area contributed by atoms with Crippen molar-refractivity contribution in [1.29, 1.82) is 0 Å². The van der Waals surface area contributed by atoms with Crippen LogP contribution >= 0.6 is 0 Å². The number of nitrogens with zero attached hydrogens (tertiary/aromatic N) is 2. The first-order chi connectivity index (χ1) is 14.6. The van der Waals surface area contributed by atoms with E-state index in [1.54, 1.807) is 0 Å². The molecule has 1 fully saturated rings. The summed E-state index contributed by atoms with van der Waals surface area (Å²) in [6.07, 6.45) is 0.555. The lowest BCUT2D eigenvalue weighted by Crippen LogP contribution is -2.56. The van der Waals surface area contributed by atoms with Crippen LogP contribution in [0.2, 0.25) is 0 Å². The van der Waals surface area contributed by atoms with E-state index in [4.69, 9.17) is 15.2 Å². The van der Waals surface area contributed by atoms with Gasteiger partial charge >= 0.3 is 23.9 Å². The molecule has 11 heteroatoms. The fraction of sp³-hybridized carbons (Fsp3) is 0.800. The van der Waals surface area contributed by atoms with Crippen LogP contribution in [0.1, 0.15) is 32.6 Å². The number of nitrogens with two attached hydrogens (primary N) is 1. The van der Waals surface area contributed by atoms with Crippen LogP contribution in [0.5, 0.6) is 0 Å². The van der Waals surface area contributed by atoms with Gasteiger partial charge in [-0.05, 0) is 19.8 Å². The van der Waals surface area contributed by atoms with Gasteiger partial charge in [0.15, 0.2) is 0 Å². The molecule has 2 N–H and O–H groups in total. The Morgan fingerprint density at radius 2 is 1.13 bits per heavy atom. The standard InChI is InChI=1S/C20H35N3O8/c1-20(21)12-22(14(18(26)30-4)6-8-16(24)28-2)10-11-23(13-20)15(19(27)31-5)7-9-17(25)29-3/h14-15H,6-13,21H2,1-5H3. The summed E-state index contributed by atoms with van der Waals surface area (Å²) in [5.74, 6) is -1.78. The first-order valence-electron chi connectivity index (χ1n) is 10.1. The van der Waals surface area contributed by atoms with Crippen molar-refractivity contribution in [3.8, 4) is 0 Å². The Labute approximate surface area is 183 Å². The van der Waals surface area contributed by atoms with Crippen molar-refractivity contribution >= 4 is 23.9 Å². The highest BCUT2D eigenvalue weighted by Gasteiger charge is 2.39. The lowest BCUT2D eigenvalue weighted by molar-refractivity contribution is -0.150. The Morgan fingerprint density at radius 3 is 1.42 bits per heavy atom. The number of hydrogen-bond acceptors (Lipinski definition) is 11. The zero-order chi connectivity index (χ0) is 23.6. The predicted octanol–water partition coefficient (Wildman–Crippen LogP) is -0.689. The maximum absolute atomic E-state index is 12.4. The normalized spacial score (nSPS) is 22.0. The van der Waals surface area contributed by atoms with E-state index in [0.29, 0.717) is 26.2 Å². The zero-order valence-electron chi connectivity index (χ0n) is 19.0. The summed E-state index contributed by atoms with van der Waals surface area (Å²) in [6, 6.07) is -1.36. The summed E-state index contributed by atoms with van der Waals surface area (Å²) >= 11 is 0. The lowest BCUT2D eigenvalue weighted by Gasteiger charge is -2.35. The topological polar surface area (TPSA) is 138 Å².